The second kappa shape index (κ2) is 9.57. The van der Waals surface area contributed by atoms with Crippen molar-refractivity contribution >= 4 is 17.9 Å². The average molecular weight is 366 g/mol. The molecule has 5 nitrogen and oxygen atoms in total. The second-order valence-electron chi connectivity index (χ2n) is 6.46. The molecule has 0 bridgehead atoms. The minimum atomic E-state index is -0.605. The number of carbonyl (C=O) groups is 2. The van der Waals surface area contributed by atoms with E-state index in [0.717, 1.165) is 22.4 Å². The third-order valence-corrected chi connectivity index (χ3v) is 4.32. The zero-order chi connectivity index (χ0) is 19.8. The van der Waals surface area contributed by atoms with Crippen molar-refractivity contribution in [3.05, 3.63) is 71.3 Å². The lowest BCUT2D eigenvalue weighted by atomic mass is 10.1. The van der Waals surface area contributed by atoms with Gasteiger partial charge in [-0.25, -0.2) is 0 Å². The predicted molar refractivity (Wildman–Crippen MR) is 107 cm³/mol. The molecular formula is C22H26N2O3. The third-order valence-electron chi connectivity index (χ3n) is 4.32. The molecule has 0 saturated heterocycles. The highest BCUT2D eigenvalue weighted by atomic mass is 16.5. The molecule has 1 atom stereocenters. The maximum Gasteiger partial charge on any atom is 0.244 e. The summed E-state index contributed by atoms with van der Waals surface area (Å²) in [6, 6.07) is 14.7. The molecule has 0 saturated carbocycles. The molecule has 0 aliphatic carbocycles. The molecule has 0 aliphatic heterocycles. The van der Waals surface area contributed by atoms with E-state index in [1.54, 1.807) is 32.1 Å². The zero-order valence-corrected chi connectivity index (χ0v) is 16.2. The fourth-order valence-electron chi connectivity index (χ4n) is 2.66. The van der Waals surface area contributed by atoms with E-state index < -0.39 is 6.04 Å². The van der Waals surface area contributed by atoms with E-state index >= 15 is 0 Å². The highest BCUT2D eigenvalue weighted by Crippen LogP contribution is 2.12. The molecule has 27 heavy (non-hydrogen) atoms. The number of nitrogens with one attached hydrogen (secondary N) is 1. The van der Waals surface area contributed by atoms with Crippen LogP contribution in [0, 0.1) is 6.92 Å². The Balaban J connectivity index is 1.89. The topological polar surface area (TPSA) is 58.6 Å². The number of methoxy groups -OCH3 is 1. The van der Waals surface area contributed by atoms with Crippen LogP contribution in [0.15, 0.2) is 54.6 Å². The number of rotatable bonds is 7. The van der Waals surface area contributed by atoms with E-state index in [1.807, 2.05) is 55.5 Å². The van der Waals surface area contributed by atoms with Crippen molar-refractivity contribution in [2.45, 2.75) is 26.4 Å². The Morgan fingerprint density at radius 1 is 1.15 bits per heavy atom. The Bertz CT molecular complexity index is 813. The Kier molecular flexibility index (Phi) is 7.17. The molecule has 0 radical (unpaired) electrons. The van der Waals surface area contributed by atoms with Gasteiger partial charge in [-0.2, -0.15) is 0 Å². The van der Waals surface area contributed by atoms with Gasteiger partial charge in [0.1, 0.15) is 11.8 Å². The second-order valence-corrected chi connectivity index (χ2v) is 6.46. The molecular weight excluding hydrogens is 340 g/mol. The van der Waals surface area contributed by atoms with Gasteiger partial charge in [-0.15, -0.1) is 0 Å². The zero-order valence-electron chi connectivity index (χ0n) is 16.2. The summed E-state index contributed by atoms with van der Waals surface area (Å²) in [5.41, 5.74) is 3.10. The van der Waals surface area contributed by atoms with E-state index in [4.69, 9.17) is 4.74 Å². The van der Waals surface area contributed by atoms with Crippen molar-refractivity contribution < 1.29 is 14.3 Å². The molecule has 2 amide bonds. The van der Waals surface area contributed by atoms with Gasteiger partial charge >= 0.3 is 0 Å². The maximum absolute atomic E-state index is 12.5. The van der Waals surface area contributed by atoms with Crippen LogP contribution in [0.5, 0.6) is 5.75 Å². The summed E-state index contributed by atoms with van der Waals surface area (Å²) in [6.45, 7) is 4.21. The monoisotopic (exact) mass is 366 g/mol. The number of likely N-dealkylation sites (N-methyl/N-ethyl adjacent to an activating group) is 1. The number of carbonyl (C=O) groups excluding carboxylic acids is 2. The summed E-state index contributed by atoms with van der Waals surface area (Å²) >= 11 is 0. The fourth-order valence-corrected chi connectivity index (χ4v) is 2.66. The Morgan fingerprint density at radius 2 is 1.81 bits per heavy atom. The number of ether oxygens (including phenoxy) is 1. The molecule has 2 rings (SSSR count). The maximum atomic E-state index is 12.5. The summed E-state index contributed by atoms with van der Waals surface area (Å²) < 4.78 is 5.10. The Hall–Kier alpha value is -3.08. The van der Waals surface area contributed by atoms with E-state index in [-0.39, 0.29) is 11.8 Å². The summed E-state index contributed by atoms with van der Waals surface area (Å²) in [5, 5.41) is 2.71. The SMILES string of the molecule is COc1ccc(C=CC(=O)NC(C)C(=O)N(C)Cc2ccccc2C)cc1. The van der Waals surface area contributed by atoms with Crippen molar-refractivity contribution in [2.75, 3.05) is 14.2 Å². The molecule has 5 heteroatoms. The van der Waals surface area contributed by atoms with Gasteiger partial charge in [0.25, 0.3) is 0 Å². The van der Waals surface area contributed by atoms with Crippen LogP contribution < -0.4 is 10.1 Å². The summed E-state index contributed by atoms with van der Waals surface area (Å²) in [5.74, 6) is 0.313. The van der Waals surface area contributed by atoms with Gasteiger partial charge in [0.15, 0.2) is 0 Å². The third kappa shape index (κ3) is 5.99. The van der Waals surface area contributed by atoms with Crippen LogP contribution in [0.25, 0.3) is 6.08 Å². The number of hydrogen-bond donors (Lipinski definition) is 1. The van der Waals surface area contributed by atoms with Crippen LogP contribution in [-0.4, -0.2) is 36.9 Å². The van der Waals surface area contributed by atoms with Gasteiger partial charge in [0.05, 0.1) is 7.11 Å². The van der Waals surface area contributed by atoms with Gasteiger partial charge in [0, 0.05) is 19.7 Å². The number of benzene rings is 2. The largest absolute Gasteiger partial charge is 0.497 e. The van der Waals surface area contributed by atoms with Crippen molar-refractivity contribution in [1.82, 2.24) is 10.2 Å². The van der Waals surface area contributed by atoms with Crippen molar-refractivity contribution in [2.24, 2.45) is 0 Å². The molecule has 2 aromatic rings. The number of amides is 2. The van der Waals surface area contributed by atoms with Crippen LogP contribution in [0.1, 0.15) is 23.6 Å². The molecule has 142 valence electrons. The van der Waals surface area contributed by atoms with Crippen molar-refractivity contribution in [3.63, 3.8) is 0 Å². The lowest BCUT2D eigenvalue weighted by Gasteiger charge is -2.22. The highest BCUT2D eigenvalue weighted by molar-refractivity contribution is 5.95. The summed E-state index contributed by atoms with van der Waals surface area (Å²) in [4.78, 5) is 26.2. The molecule has 2 aromatic carbocycles. The van der Waals surface area contributed by atoms with Crippen LogP contribution in [0.4, 0.5) is 0 Å². The van der Waals surface area contributed by atoms with E-state index in [1.165, 1.54) is 6.08 Å². The smallest absolute Gasteiger partial charge is 0.244 e. The fraction of sp³-hybridized carbons (Fsp3) is 0.273. The quantitative estimate of drug-likeness (QED) is 0.766. The van der Waals surface area contributed by atoms with Gasteiger partial charge in [-0.1, -0.05) is 36.4 Å². The van der Waals surface area contributed by atoms with E-state index in [2.05, 4.69) is 5.32 Å². The predicted octanol–water partition coefficient (Wildman–Crippen LogP) is 3.18. The molecule has 1 N–H and O–H groups in total. The minimum absolute atomic E-state index is 0.135. The highest BCUT2D eigenvalue weighted by Gasteiger charge is 2.19. The number of nitrogens with zero attached hydrogens (tertiary/aromatic N) is 1. The summed E-state index contributed by atoms with van der Waals surface area (Å²) in [7, 11) is 3.34. The van der Waals surface area contributed by atoms with Crippen LogP contribution >= 0.6 is 0 Å². The van der Waals surface area contributed by atoms with E-state index in [0.29, 0.717) is 6.54 Å². The first-order valence-corrected chi connectivity index (χ1v) is 8.83. The standard InChI is InChI=1S/C22H26N2O3/c1-16-7-5-6-8-19(16)15-24(3)22(26)17(2)23-21(25)14-11-18-9-12-20(27-4)13-10-18/h5-14,17H,15H2,1-4H3,(H,23,25). The van der Waals surface area contributed by atoms with Crippen molar-refractivity contribution in [3.8, 4) is 5.75 Å². The minimum Gasteiger partial charge on any atom is -0.497 e. The molecule has 0 aromatic heterocycles. The van der Waals surface area contributed by atoms with Gasteiger partial charge < -0.3 is 15.0 Å². The first kappa shape index (κ1) is 20.2. The van der Waals surface area contributed by atoms with Crippen LogP contribution in [-0.2, 0) is 16.1 Å². The molecule has 0 spiro atoms. The van der Waals surface area contributed by atoms with Gasteiger partial charge in [-0.3, -0.25) is 9.59 Å². The normalized spacial score (nSPS) is 11.9. The lowest BCUT2D eigenvalue weighted by molar-refractivity contribution is -0.134. The molecule has 0 heterocycles. The number of aryl methyl sites for hydroxylation is 1. The van der Waals surface area contributed by atoms with Crippen molar-refractivity contribution in [1.29, 1.82) is 0 Å². The van der Waals surface area contributed by atoms with Crippen LogP contribution in [0.2, 0.25) is 0 Å². The number of hydrogen-bond acceptors (Lipinski definition) is 3. The van der Waals surface area contributed by atoms with Crippen LogP contribution in [0.3, 0.4) is 0 Å². The van der Waals surface area contributed by atoms with Gasteiger partial charge in [0.2, 0.25) is 11.8 Å². The summed E-state index contributed by atoms with van der Waals surface area (Å²) in [6.07, 6.45) is 3.12. The average Bonchev–Trinajstić information content (AvgIpc) is 2.67. The Morgan fingerprint density at radius 3 is 2.44 bits per heavy atom. The first-order valence-electron chi connectivity index (χ1n) is 8.83. The Labute approximate surface area is 160 Å². The molecule has 1 unspecified atom stereocenters. The van der Waals surface area contributed by atoms with Gasteiger partial charge in [-0.05, 0) is 48.7 Å². The molecule has 0 aliphatic rings. The molecule has 0 fully saturated rings. The van der Waals surface area contributed by atoms with E-state index in [9.17, 15) is 9.59 Å². The first-order chi connectivity index (χ1) is 12.9. The lowest BCUT2D eigenvalue weighted by Crippen LogP contribution is -2.44.